The highest BCUT2D eigenvalue weighted by molar-refractivity contribution is 5.42. The van der Waals surface area contributed by atoms with Gasteiger partial charge < -0.3 is 15.2 Å². The highest BCUT2D eigenvalue weighted by Gasteiger charge is 2.25. The molecule has 1 aromatic rings. The molecule has 0 bridgehead atoms. The second-order valence-corrected chi connectivity index (χ2v) is 5.23. The molecule has 1 saturated heterocycles. The summed E-state index contributed by atoms with van der Waals surface area (Å²) < 4.78 is 5.26. The molecule has 0 aromatic heterocycles. The maximum Gasteiger partial charge on any atom is 0.119 e. The molecule has 0 radical (unpaired) electrons. The predicted octanol–water partition coefficient (Wildman–Crippen LogP) is 2.35. The van der Waals surface area contributed by atoms with Crippen molar-refractivity contribution in [1.82, 2.24) is 5.32 Å². The zero-order valence-corrected chi connectivity index (χ0v) is 11.5. The number of hydrogen-bond acceptors (Lipinski definition) is 3. The van der Waals surface area contributed by atoms with Gasteiger partial charge in [-0.05, 0) is 62.1 Å². The molecule has 1 heterocycles. The number of aliphatic hydroxyl groups is 1. The fraction of sp³-hybridized carbons (Fsp3) is 0.600. The molecular formula is C15H23NO2. The Hall–Kier alpha value is -1.06. The molecule has 2 N–H and O–H groups in total. The maximum atomic E-state index is 10.6. The molecule has 1 aromatic carbocycles. The summed E-state index contributed by atoms with van der Waals surface area (Å²) in [5, 5.41) is 14.0. The van der Waals surface area contributed by atoms with E-state index in [-0.39, 0.29) is 6.10 Å². The molecule has 0 amide bonds. The lowest BCUT2D eigenvalue weighted by atomic mass is 9.85. The van der Waals surface area contributed by atoms with Gasteiger partial charge in [-0.3, -0.25) is 0 Å². The number of benzene rings is 1. The van der Waals surface area contributed by atoms with Gasteiger partial charge in [-0.15, -0.1) is 0 Å². The van der Waals surface area contributed by atoms with Crippen LogP contribution in [0.1, 0.15) is 35.6 Å². The topological polar surface area (TPSA) is 41.5 Å². The summed E-state index contributed by atoms with van der Waals surface area (Å²) in [6.07, 6.45) is 1.87. The SMILES string of the molecule is COc1cc(C)c(C(O)C2CCCNC2)c(C)c1. The van der Waals surface area contributed by atoms with Crippen LogP contribution in [0.4, 0.5) is 0 Å². The summed E-state index contributed by atoms with van der Waals surface area (Å²) in [6, 6.07) is 4.00. The summed E-state index contributed by atoms with van der Waals surface area (Å²) in [5.41, 5.74) is 3.30. The zero-order chi connectivity index (χ0) is 13.1. The Morgan fingerprint density at radius 3 is 2.50 bits per heavy atom. The standard InChI is InChI=1S/C15H23NO2/c1-10-7-13(18-3)8-11(2)14(10)15(17)12-5-4-6-16-9-12/h7-8,12,15-17H,4-6,9H2,1-3H3. The maximum absolute atomic E-state index is 10.6. The number of methoxy groups -OCH3 is 1. The van der Waals surface area contributed by atoms with E-state index in [2.05, 4.69) is 5.32 Å². The van der Waals surface area contributed by atoms with E-state index in [1.807, 2.05) is 26.0 Å². The smallest absolute Gasteiger partial charge is 0.119 e. The first-order valence-electron chi connectivity index (χ1n) is 6.67. The van der Waals surface area contributed by atoms with Crippen LogP contribution in [0.25, 0.3) is 0 Å². The lowest BCUT2D eigenvalue weighted by molar-refractivity contribution is 0.0910. The average molecular weight is 249 g/mol. The van der Waals surface area contributed by atoms with Crippen LogP contribution in [0.5, 0.6) is 5.75 Å². The zero-order valence-electron chi connectivity index (χ0n) is 11.5. The molecule has 18 heavy (non-hydrogen) atoms. The second-order valence-electron chi connectivity index (χ2n) is 5.23. The number of aliphatic hydroxyl groups excluding tert-OH is 1. The highest BCUT2D eigenvalue weighted by Crippen LogP contribution is 2.33. The fourth-order valence-electron chi connectivity index (χ4n) is 2.90. The molecule has 100 valence electrons. The summed E-state index contributed by atoms with van der Waals surface area (Å²) in [5.74, 6) is 1.19. The molecule has 0 spiro atoms. The van der Waals surface area contributed by atoms with Crippen LogP contribution >= 0.6 is 0 Å². The molecule has 3 heteroatoms. The predicted molar refractivity (Wildman–Crippen MR) is 73.0 cm³/mol. The van der Waals surface area contributed by atoms with Crippen LogP contribution in [0, 0.1) is 19.8 Å². The first-order chi connectivity index (χ1) is 8.63. The number of aryl methyl sites for hydroxylation is 2. The van der Waals surface area contributed by atoms with Crippen molar-refractivity contribution < 1.29 is 9.84 Å². The van der Waals surface area contributed by atoms with Gasteiger partial charge in [0.05, 0.1) is 13.2 Å². The van der Waals surface area contributed by atoms with E-state index < -0.39 is 0 Å². The van der Waals surface area contributed by atoms with Crippen LogP contribution in [-0.2, 0) is 0 Å². The summed E-state index contributed by atoms with van der Waals surface area (Å²) in [7, 11) is 1.68. The van der Waals surface area contributed by atoms with Gasteiger partial charge in [0, 0.05) is 12.5 Å². The molecule has 0 saturated carbocycles. The molecular weight excluding hydrogens is 226 g/mol. The Bertz CT molecular complexity index is 388. The van der Waals surface area contributed by atoms with Crippen LogP contribution < -0.4 is 10.1 Å². The van der Waals surface area contributed by atoms with E-state index in [1.165, 1.54) is 0 Å². The molecule has 1 fully saturated rings. The molecule has 3 nitrogen and oxygen atoms in total. The summed E-state index contributed by atoms with van der Waals surface area (Å²) in [6.45, 7) is 6.07. The second kappa shape index (κ2) is 5.72. The van der Waals surface area contributed by atoms with Crippen LogP contribution in [-0.4, -0.2) is 25.3 Å². The number of rotatable bonds is 3. The Labute approximate surface area is 109 Å². The third kappa shape index (κ3) is 2.68. The lowest BCUT2D eigenvalue weighted by Gasteiger charge is -2.29. The van der Waals surface area contributed by atoms with Crippen molar-refractivity contribution in [3.8, 4) is 5.75 Å². The molecule has 1 aliphatic rings. The average Bonchev–Trinajstić information content (AvgIpc) is 2.38. The van der Waals surface area contributed by atoms with E-state index in [0.29, 0.717) is 5.92 Å². The van der Waals surface area contributed by atoms with Crippen LogP contribution in [0.15, 0.2) is 12.1 Å². The van der Waals surface area contributed by atoms with Crippen LogP contribution in [0.3, 0.4) is 0 Å². The van der Waals surface area contributed by atoms with Crippen molar-refractivity contribution in [2.75, 3.05) is 20.2 Å². The Kier molecular flexibility index (Phi) is 4.25. The third-order valence-electron chi connectivity index (χ3n) is 3.88. The molecule has 2 atom stereocenters. The Morgan fingerprint density at radius 2 is 2.00 bits per heavy atom. The van der Waals surface area contributed by atoms with Gasteiger partial charge in [-0.1, -0.05) is 0 Å². The monoisotopic (exact) mass is 249 g/mol. The fourth-order valence-corrected chi connectivity index (χ4v) is 2.90. The van der Waals surface area contributed by atoms with E-state index >= 15 is 0 Å². The minimum absolute atomic E-state index is 0.324. The number of ether oxygens (including phenoxy) is 1. The van der Waals surface area contributed by atoms with E-state index in [4.69, 9.17) is 4.74 Å². The minimum atomic E-state index is -0.372. The van der Waals surface area contributed by atoms with E-state index in [9.17, 15) is 5.11 Å². The Morgan fingerprint density at radius 1 is 1.33 bits per heavy atom. The van der Waals surface area contributed by atoms with Crippen molar-refractivity contribution in [3.05, 3.63) is 28.8 Å². The normalized spacial score (nSPS) is 21.7. The largest absolute Gasteiger partial charge is 0.497 e. The molecule has 0 aliphatic carbocycles. The van der Waals surface area contributed by atoms with Crippen molar-refractivity contribution in [2.45, 2.75) is 32.8 Å². The van der Waals surface area contributed by atoms with Gasteiger partial charge in [0.1, 0.15) is 5.75 Å². The Balaban J connectivity index is 2.26. The van der Waals surface area contributed by atoms with Gasteiger partial charge >= 0.3 is 0 Å². The first-order valence-corrected chi connectivity index (χ1v) is 6.67. The van der Waals surface area contributed by atoms with E-state index in [0.717, 1.165) is 48.4 Å². The van der Waals surface area contributed by atoms with Crippen molar-refractivity contribution >= 4 is 0 Å². The van der Waals surface area contributed by atoms with Gasteiger partial charge in [0.2, 0.25) is 0 Å². The minimum Gasteiger partial charge on any atom is -0.497 e. The highest BCUT2D eigenvalue weighted by atomic mass is 16.5. The lowest BCUT2D eigenvalue weighted by Crippen LogP contribution is -2.33. The first kappa shape index (κ1) is 13.4. The van der Waals surface area contributed by atoms with Gasteiger partial charge in [0.25, 0.3) is 0 Å². The summed E-state index contributed by atoms with van der Waals surface area (Å²) in [4.78, 5) is 0. The molecule has 2 rings (SSSR count). The van der Waals surface area contributed by atoms with Gasteiger partial charge in [-0.2, -0.15) is 0 Å². The van der Waals surface area contributed by atoms with Crippen molar-refractivity contribution in [2.24, 2.45) is 5.92 Å². The van der Waals surface area contributed by atoms with Gasteiger partial charge in [0.15, 0.2) is 0 Å². The molecule has 2 unspecified atom stereocenters. The van der Waals surface area contributed by atoms with Crippen molar-refractivity contribution in [3.63, 3.8) is 0 Å². The number of hydrogen-bond donors (Lipinski definition) is 2. The number of piperidine rings is 1. The third-order valence-corrected chi connectivity index (χ3v) is 3.88. The van der Waals surface area contributed by atoms with E-state index in [1.54, 1.807) is 7.11 Å². The van der Waals surface area contributed by atoms with Crippen molar-refractivity contribution in [1.29, 1.82) is 0 Å². The van der Waals surface area contributed by atoms with Gasteiger partial charge in [-0.25, -0.2) is 0 Å². The quantitative estimate of drug-likeness (QED) is 0.864. The number of nitrogens with one attached hydrogen (secondary N) is 1. The van der Waals surface area contributed by atoms with Crippen LogP contribution in [0.2, 0.25) is 0 Å². The summed E-state index contributed by atoms with van der Waals surface area (Å²) >= 11 is 0. The molecule has 1 aliphatic heterocycles.